The minimum Gasteiger partial charge on any atom is -0.352 e. The molecule has 0 saturated carbocycles. The lowest BCUT2D eigenvalue weighted by Crippen LogP contribution is -2.35. The normalized spacial score (nSPS) is 20.5. The van der Waals surface area contributed by atoms with E-state index in [0.29, 0.717) is 6.04 Å². The zero-order valence-corrected chi connectivity index (χ0v) is 10.6. The zero-order chi connectivity index (χ0) is 12.3. The van der Waals surface area contributed by atoms with Crippen molar-refractivity contribution in [3.8, 4) is 0 Å². The van der Waals surface area contributed by atoms with E-state index >= 15 is 0 Å². The lowest BCUT2D eigenvalue weighted by Gasteiger charge is -2.16. The van der Waals surface area contributed by atoms with Crippen LogP contribution in [0.1, 0.15) is 24.5 Å². The van der Waals surface area contributed by atoms with Crippen LogP contribution in [-0.2, 0) is 11.3 Å². The summed E-state index contributed by atoms with van der Waals surface area (Å²) < 4.78 is 0. The number of nitrogens with one attached hydrogen (secondary N) is 1. The Morgan fingerprint density at radius 2 is 2.12 bits per heavy atom. The quantitative estimate of drug-likeness (QED) is 0.860. The number of aryl methyl sites for hydroxylation is 1. The van der Waals surface area contributed by atoms with E-state index in [9.17, 15) is 4.79 Å². The van der Waals surface area contributed by atoms with E-state index in [4.69, 9.17) is 0 Å². The average molecular weight is 232 g/mol. The predicted octanol–water partition coefficient (Wildman–Crippen LogP) is 1.71. The molecule has 1 saturated heterocycles. The van der Waals surface area contributed by atoms with Gasteiger partial charge in [-0.2, -0.15) is 0 Å². The second-order valence-corrected chi connectivity index (χ2v) is 4.91. The SMILES string of the molecule is CC(=O)NC1CCN(Cc2ccc(C)cc2)C1. The van der Waals surface area contributed by atoms with Gasteiger partial charge in [-0.15, -0.1) is 0 Å². The van der Waals surface area contributed by atoms with Crippen LogP contribution in [0.3, 0.4) is 0 Å². The first-order valence-corrected chi connectivity index (χ1v) is 6.18. The highest BCUT2D eigenvalue weighted by Crippen LogP contribution is 2.14. The van der Waals surface area contributed by atoms with Gasteiger partial charge in [0.15, 0.2) is 0 Å². The lowest BCUT2D eigenvalue weighted by atomic mass is 10.1. The third kappa shape index (κ3) is 3.56. The number of benzene rings is 1. The Kier molecular flexibility index (Phi) is 3.79. The molecule has 1 aromatic rings. The monoisotopic (exact) mass is 232 g/mol. The number of rotatable bonds is 3. The van der Waals surface area contributed by atoms with E-state index in [1.165, 1.54) is 11.1 Å². The molecular formula is C14H20N2O. The standard InChI is InChI=1S/C14H20N2O/c1-11-3-5-13(6-4-11)9-16-8-7-14(10-16)15-12(2)17/h3-6,14H,7-10H2,1-2H3,(H,15,17). The molecule has 1 fully saturated rings. The molecule has 0 bridgehead atoms. The van der Waals surface area contributed by atoms with Gasteiger partial charge in [-0.05, 0) is 18.9 Å². The maximum Gasteiger partial charge on any atom is 0.217 e. The topological polar surface area (TPSA) is 32.3 Å². The van der Waals surface area contributed by atoms with Gasteiger partial charge >= 0.3 is 0 Å². The Bertz CT molecular complexity index is 386. The van der Waals surface area contributed by atoms with Gasteiger partial charge in [-0.25, -0.2) is 0 Å². The molecular weight excluding hydrogens is 212 g/mol. The third-order valence-electron chi connectivity index (χ3n) is 3.21. The molecule has 1 amide bonds. The Hall–Kier alpha value is -1.35. The van der Waals surface area contributed by atoms with Crippen molar-refractivity contribution in [3.63, 3.8) is 0 Å². The first-order chi connectivity index (χ1) is 8.13. The summed E-state index contributed by atoms with van der Waals surface area (Å²) in [4.78, 5) is 13.4. The Labute approximate surface area is 103 Å². The minimum atomic E-state index is 0.0761. The molecule has 1 aromatic carbocycles. The predicted molar refractivity (Wildman–Crippen MR) is 68.7 cm³/mol. The van der Waals surface area contributed by atoms with Crippen molar-refractivity contribution < 1.29 is 4.79 Å². The average Bonchev–Trinajstić information content (AvgIpc) is 2.68. The van der Waals surface area contributed by atoms with Gasteiger partial charge < -0.3 is 5.32 Å². The van der Waals surface area contributed by atoms with Crippen molar-refractivity contribution in [2.45, 2.75) is 32.9 Å². The van der Waals surface area contributed by atoms with Gasteiger partial charge in [0.25, 0.3) is 0 Å². The summed E-state index contributed by atoms with van der Waals surface area (Å²) in [5.41, 5.74) is 2.64. The van der Waals surface area contributed by atoms with E-state index in [0.717, 1.165) is 26.1 Å². The summed E-state index contributed by atoms with van der Waals surface area (Å²) in [7, 11) is 0. The van der Waals surface area contributed by atoms with Crippen LogP contribution in [0.15, 0.2) is 24.3 Å². The van der Waals surface area contributed by atoms with E-state index in [-0.39, 0.29) is 5.91 Å². The number of nitrogens with zero attached hydrogens (tertiary/aromatic N) is 1. The number of amides is 1. The fourth-order valence-electron chi connectivity index (χ4n) is 2.33. The van der Waals surface area contributed by atoms with Crippen molar-refractivity contribution in [2.75, 3.05) is 13.1 Å². The second kappa shape index (κ2) is 5.32. The number of likely N-dealkylation sites (tertiary alicyclic amines) is 1. The highest BCUT2D eigenvalue weighted by molar-refractivity contribution is 5.73. The van der Waals surface area contributed by atoms with Crippen LogP contribution in [0.25, 0.3) is 0 Å². The first kappa shape index (κ1) is 12.1. The van der Waals surface area contributed by atoms with Crippen molar-refractivity contribution in [1.82, 2.24) is 10.2 Å². The second-order valence-electron chi connectivity index (χ2n) is 4.91. The van der Waals surface area contributed by atoms with E-state index in [2.05, 4.69) is 41.4 Å². The molecule has 0 aromatic heterocycles. The number of carbonyl (C=O) groups excluding carboxylic acids is 1. The molecule has 1 N–H and O–H groups in total. The molecule has 1 aliphatic rings. The van der Waals surface area contributed by atoms with Gasteiger partial charge in [0.05, 0.1) is 0 Å². The molecule has 3 nitrogen and oxygen atoms in total. The van der Waals surface area contributed by atoms with Gasteiger partial charge in [0.2, 0.25) is 5.91 Å². The van der Waals surface area contributed by atoms with Crippen molar-refractivity contribution in [3.05, 3.63) is 35.4 Å². The van der Waals surface area contributed by atoms with Crippen molar-refractivity contribution in [2.24, 2.45) is 0 Å². The molecule has 1 heterocycles. The molecule has 1 atom stereocenters. The maximum absolute atomic E-state index is 11.0. The van der Waals surface area contributed by atoms with Crippen molar-refractivity contribution in [1.29, 1.82) is 0 Å². The smallest absolute Gasteiger partial charge is 0.217 e. The van der Waals surface area contributed by atoms with Gasteiger partial charge in [0.1, 0.15) is 0 Å². The summed E-state index contributed by atoms with van der Waals surface area (Å²) >= 11 is 0. The number of hydrogen-bond donors (Lipinski definition) is 1. The number of hydrogen-bond acceptors (Lipinski definition) is 2. The van der Waals surface area contributed by atoms with Gasteiger partial charge in [-0.3, -0.25) is 9.69 Å². The van der Waals surface area contributed by atoms with Gasteiger partial charge in [0, 0.05) is 32.6 Å². The molecule has 1 unspecified atom stereocenters. The molecule has 17 heavy (non-hydrogen) atoms. The maximum atomic E-state index is 11.0. The molecule has 0 aliphatic carbocycles. The molecule has 3 heteroatoms. The molecule has 92 valence electrons. The van der Waals surface area contributed by atoms with Crippen LogP contribution in [0.2, 0.25) is 0 Å². The zero-order valence-electron chi connectivity index (χ0n) is 10.6. The van der Waals surface area contributed by atoms with E-state index in [1.54, 1.807) is 6.92 Å². The molecule has 2 rings (SSSR count). The van der Waals surface area contributed by atoms with Crippen LogP contribution in [0.5, 0.6) is 0 Å². The van der Waals surface area contributed by atoms with Crippen LogP contribution in [-0.4, -0.2) is 29.9 Å². The third-order valence-corrected chi connectivity index (χ3v) is 3.21. The Morgan fingerprint density at radius 3 is 2.76 bits per heavy atom. The molecule has 1 aliphatic heterocycles. The summed E-state index contributed by atoms with van der Waals surface area (Å²) in [6, 6.07) is 8.99. The van der Waals surface area contributed by atoms with Crippen LogP contribution >= 0.6 is 0 Å². The molecule has 0 spiro atoms. The fraction of sp³-hybridized carbons (Fsp3) is 0.500. The highest BCUT2D eigenvalue weighted by atomic mass is 16.1. The summed E-state index contributed by atoms with van der Waals surface area (Å²) in [5.74, 6) is 0.0761. The number of carbonyl (C=O) groups is 1. The highest BCUT2D eigenvalue weighted by Gasteiger charge is 2.22. The van der Waals surface area contributed by atoms with Crippen molar-refractivity contribution >= 4 is 5.91 Å². The van der Waals surface area contributed by atoms with Gasteiger partial charge in [-0.1, -0.05) is 29.8 Å². The summed E-state index contributed by atoms with van der Waals surface area (Å²) in [6.45, 7) is 6.71. The van der Waals surface area contributed by atoms with Crippen LogP contribution in [0.4, 0.5) is 0 Å². The van der Waals surface area contributed by atoms with E-state index < -0.39 is 0 Å². The fourth-order valence-corrected chi connectivity index (χ4v) is 2.33. The summed E-state index contributed by atoms with van der Waals surface area (Å²) in [6.07, 6.45) is 1.06. The largest absolute Gasteiger partial charge is 0.352 e. The minimum absolute atomic E-state index is 0.0761. The molecule has 0 radical (unpaired) electrons. The van der Waals surface area contributed by atoms with E-state index in [1.807, 2.05) is 0 Å². The first-order valence-electron chi connectivity index (χ1n) is 6.18. The van der Waals surface area contributed by atoms with Crippen LogP contribution < -0.4 is 5.32 Å². The van der Waals surface area contributed by atoms with Crippen LogP contribution in [0, 0.1) is 6.92 Å². The lowest BCUT2D eigenvalue weighted by molar-refractivity contribution is -0.119. The Morgan fingerprint density at radius 1 is 1.41 bits per heavy atom. The Balaban J connectivity index is 1.85. The summed E-state index contributed by atoms with van der Waals surface area (Å²) in [5, 5.41) is 2.99.